The van der Waals surface area contributed by atoms with Crippen LogP contribution in [0.3, 0.4) is 0 Å². The zero-order valence-electron chi connectivity index (χ0n) is 14.2. The molecule has 6 heteroatoms. The van der Waals surface area contributed by atoms with E-state index in [1.807, 2.05) is 30.3 Å². The van der Waals surface area contributed by atoms with Gasteiger partial charge in [-0.15, -0.1) is 0 Å². The van der Waals surface area contributed by atoms with E-state index >= 15 is 0 Å². The van der Waals surface area contributed by atoms with Crippen LogP contribution in [0.25, 0.3) is 0 Å². The standard InChI is InChI=1S/C20H17FN2O3/c1-13-9-14(21)11-15(10-13)23-8-7-17-19(20(23)24)26-18(22-17)12-25-16-5-3-2-4-6-16/h2-6,9-11H,7-8,12H2,1H3. The van der Waals surface area contributed by atoms with Gasteiger partial charge in [-0.3, -0.25) is 4.79 Å². The van der Waals surface area contributed by atoms with Gasteiger partial charge in [0.25, 0.3) is 5.91 Å². The molecule has 132 valence electrons. The first-order valence-electron chi connectivity index (χ1n) is 8.35. The molecule has 0 atom stereocenters. The lowest BCUT2D eigenvalue weighted by molar-refractivity contribution is 0.0948. The fourth-order valence-corrected chi connectivity index (χ4v) is 3.02. The third kappa shape index (κ3) is 3.18. The number of hydrogen-bond acceptors (Lipinski definition) is 4. The van der Waals surface area contributed by atoms with Crippen LogP contribution in [0.1, 0.15) is 27.7 Å². The second-order valence-electron chi connectivity index (χ2n) is 6.18. The summed E-state index contributed by atoms with van der Waals surface area (Å²) in [7, 11) is 0. The first-order valence-corrected chi connectivity index (χ1v) is 8.35. The fraction of sp³-hybridized carbons (Fsp3) is 0.200. The van der Waals surface area contributed by atoms with Crippen LogP contribution in [0.2, 0.25) is 0 Å². The zero-order valence-corrected chi connectivity index (χ0v) is 14.2. The molecule has 4 rings (SSSR count). The Hall–Kier alpha value is -3.15. The highest BCUT2D eigenvalue weighted by molar-refractivity contribution is 6.06. The number of aryl methyl sites for hydroxylation is 1. The average Bonchev–Trinajstić information content (AvgIpc) is 3.04. The lowest BCUT2D eigenvalue weighted by Gasteiger charge is -2.25. The van der Waals surface area contributed by atoms with Crippen molar-refractivity contribution in [2.45, 2.75) is 20.0 Å². The van der Waals surface area contributed by atoms with Crippen LogP contribution >= 0.6 is 0 Å². The van der Waals surface area contributed by atoms with E-state index in [9.17, 15) is 9.18 Å². The van der Waals surface area contributed by atoms with Crippen molar-refractivity contribution in [1.82, 2.24) is 4.98 Å². The van der Waals surface area contributed by atoms with E-state index in [1.54, 1.807) is 13.0 Å². The molecule has 1 amide bonds. The topological polar surface area (TPSA) is 55.6 Å². The Morgan fingerprint density at radius 1 is 1.23 bits per heavy atom. The minimum atomic E-state index is -0.367. The van der Waals surface area contributed by atoms with Crippen molar-refractivity contribution < 1.29 is 18.3 Å². The molecule has 2 heterocycles. The van der Waals surface area contributed by atoms with Crippen molar-refractivity contribution in [2.75, 3.05) is 11.4 Å². The quantitative estimate of drug-likeness (QED) is 0.714. The minimum Gasteiger partial charge on any atom is -0.484 e. The van der Waals surface area contributed by atoms with E-state index in [4.69, 9.17) is 9.15 Å². The lowest BCUT2D eigenvalue weighted by Crippen LogP contribution is -2.37. The molecule has 0 fully saturated rings. The van der Waals surface area contributed by atoms with Gasteiger partial charge >= 0.3 is 0 Å². The van der Waals surface area contributed by atoms with Crippen molar-refractivity contribution in [2.24, 2.45) is 0 Å². The predicted octanol–water partition coefficient (Wildman–Crippen LogP) is 3.90. The summed E-state index contributed by atoms with van der Waals surface area (Å²) < 4.78 is 24.9. The number of para-hydroxylation sites is 1. The SMILES string of the molecule is Cc1cc(F)cc(N2CCc3nc(COc4ccccc4)oc3C2=O)c1. The summed E-state index contributed by atoms with van der Waals surface area (Å²) in [6.45, 7) is 2.36. The molecule has 1 aliphatic rings. The normalized spacial score (nSPS) is 13.6. The number of anilines is 1. The number of halogens is 1. The van der Waals surface area contributed by atoms with Gasteiger partial charge in [0.1, 0.15) is 11.6 Å². The van der Waals surface area contributed by atoms with E-state index in [0.717, 1.165) is 5.56 Å². The van der Waals surface area contributed by atoms with Crippen molar-refractivity contribution in [3.8, 4) is 5.75 Å². The van der Waals surface area contributed by atoms with Crippen LogP contribution in [0.5, 0.6) is 5.75 Å². The van der Waals surface area contributed by atoms with Crippen molar-refractivity contribution in [3.63, 3.8) is 0 Å². The summed E-state index contributed by atoms with van der Waals surface area (Å²) in [6.07, 6.45) is 0.547. The molecule has 1 aromatic heterocycles. The molecule has 0 unspecified atom stereocenters. The summed E-state index contributed by atoms with van der Waals surface area (Å²) in [5, 5.41) is 0. The fourth-order valence-electron chi connectivity index (χ4n) is 3.02. The van der Waals surface area contributed by atoms with E-state index in [-0.39, 0.29) is 24.1 Å². The maximum absolute atomic E-state index is 13.7. The summed E-state index contributed by atoms with van der Waals surface area (Å²) in [4.78, 5) is 18.6. The molecule has 0 saturated heterocycles. The van der Waals surface area contributed by atoms with E-state index in [0.29, 0.717) is 36.0 Å². The van der Waals surface area contributed by atoms with Gasteiger partial charge in [-0.05, 0) is 42.8 Å². The Balaban J connectivity index is 1.54. The van der Waals surface area contributed by atoms with Gasteiger partial charge in [0.2, 0.25) is 11.7 Å². The van der Waals surface area contributed by atoms with Gasteiger partial charge in [0, 0.05) is 18.7 Å². The van der Waals surface area contributed by atoms with Crippen LogP contribution in [-0.2, 0) is 13.0 Å². The van der Waals surface area contributed by atoms with Crippen LogP contribution in [0.4, 0.5) is 10.1 Å². The van der Waals surface area contributed by atoms with Gasteiger partial charge in [0.15, 0.2) is 6.61 Å². The highest BCUT2D eigenvalue weighted by atomic mass is 19.1. The van der Waals surface area contributed by atoms with E-state index in [2.05, 4.69) is 4.98 Å². The van der Waals surface area contributed by atoms with Crippen molar-refractivity contribution in [1.29, 1.82) is 0 Å². The summed E-state index contributed by atoms with van der Waals surface area (Å²) in [6, 6.07) is 13.9. The second kappa shape index (κ2) is 6.63. The molecule has 0 radical (unpaired) electrons. The Labute approximate surface area is 150 Å². The van der Waals surface area contributed by atoms with Gasteiger partial charge in [-0.2, -0.15) is 0 Å². The van der Waals surface area contributed by atoms with Crippen molar-refractivity contribution in [3.05, 3.63) is 77.3 Å². The highest BCUT2D eigenvalue weighted by Crippen LogP contribution is 2.27. The number of hydrogen-bond donors (Lipinski definition) is 0. The number of benzene rings is 2. The molecule has 0 bridgehead atoms. The predicted molar refractivity (Wildman–Crippen MR) is 93.8 cm³/mol. The van der Waals surface area contributed by atoms with Crippen LogP contribution in [-0.4, -0.2) is 17.4 Å². The third-order valence-corrected chi connectivity index (χ3v) is 4.20. The largest absolute Gasteiger partial charge is 0.484 e. The van der Waals surface area contributed by atoms with Gasteiger partial charge < -0.3 is 14.1 Å². The maximum Gasteiger partial charge on any atom is 0.296 e. The van der Waals surface area contributed by atoms with Crippen LogP contribution < -0.4 is 9.64 Å². The summed E-state index contributed by atoms with van der Waals surface area (Å²) in [5.74, 6) is 0.573. The second-order valence-corrected chi connectivity index (χ2v) is 6.18. The molecule has 0 spiro atoms. The Morgan fingerprint density at radius 2 is 2.04 bits per heavy atom. The molecule has 0 saturated carbocycles. The number of aromatic nitrogens is 1. The minimum absolute atomic E-state index is 0.142. The summed E-state index contributed by atoms with van der Waals surface area (Å²) in [5.41, 5.74) is 1.90. The Morgan fingerprint density at radius 3 is 2.81 bits per heavy atom. The van der Waals surface area contributed by atoms with Gasteiger partial charge in [0.05, 0.1) is 5.69 Å². The third-order valence-electron chi connectivity index (χ3n) is 4.20. The summed E-state index contributed by atoms with van der Waals surface area (Å²) >= 11 is 0. The number of carbonyl (C=O) groups is 1. The maximum atomic E-state index is 13.7. The lowest BCUT2D eigenvalue weighted by atomic mass is 10.1. The zero-order chi connectivity index (χ0) is 18.1. The number of nitrogens with zero attached hydrogens (tertiary/aromatic N) is 2. The highest BCUT2D eigenvalue weighted by Gasteiger charge is 2.31. The first-order chi connectivity index (χ1) is 12.6. The molecular formula is C20H17FN2O3. The molecule has 26 heavy (non-hydrogen) atoms. The number of fused-ring (bicyclic) bond motifs is 1. The molecule has 3 aromatic rings. The number of rotatable bonds is 4. The monoisotopic (exact) mass is 352 g/mol. The van der Waals surface area contributed by atoms with Crippen LogP contribution in [0.15, 0.2) is 52.9 Å². The Bertz CT molecular complexity index is 933. The Kier molecular flexibility index (Phi) is 4.16. The average molecular weight is 352 g/mol. The molecular weight excluding hydrogens is 335 g/mol. The van der Waals surface area contributed by atoms with Gasteiger partial charge in [-0.25, -0.2) is 9.37 Å². The number of carbonyl (C=O) groups excluding carboxylic acids is 1. The van der Waals surface area contributed by atoms with E-state index < -0.39 is 0 Å². The molecule has 0 aliphatic carbocycles. The number of oxazole rings is 1. The number of ether oxygens (including phenoxy) is 1. The van der Waals surface area contributed by atoms with Gasteiger partial charge in [-0.1, -0.05) is 18.2 Å². The van der Waals surface area contributed by atoms with E-state index in [1.165, 1.54) is 17.0 Å². The van der Waals surface area contributed by atoms with Crippen LogP contribution in [0, 0.1) is 12.7 Å². The van der Waals surface area contributed by atoms with Crippen molar-refractivity contribution >= 4 is 11.6 Å². The molecule has 2 aromatic carbocycles. The number of amides is 1. The molecule has 1 aliphatic heterocycles. The smallest absolute Gasteiger partial charge is 0.296 e. The molecule has 0 N–H and O–H groups in total. The first kappa shape index (κ1) is 16.3. The molecule has 5 nitrogen and oxygen atoms in total.